The number of hydrazone groups is 1. The van der Waals surface area contributed by atoms with Crippen LogP contribution in [0.1, 0.15) is 53.6 Å². The van der Waals surface area contributed by atoms with Crippen molar-refractivity contribution >= 4 is 40.7 Å². The van der Waals surface area contributed by atoms with E-state index in [9.17, 15) is 31.9 Å². The number of hydrogen-bond acceptors (Lipinski definition) is 6. The van der Waals surface area contributed by atoms with Crippen molar-refractivity contribution in [2.45, 2.75) is 45.0 Å². The third kappa shape index (κ3) is 5.65. The second-order valence-corrected chi connectivity index (χ2v) is 9.31. The van der Waals surface area contributed by atoms with Gasteiger partial charge in [-0.2, -0.15) is 10.1 Å². The Morgan fingerprint density at radius 1 is 1.26 bits per heavy atom. The number of nitrogens with zero attached hydrogens (tertiary/aromatic N) is 3. The highest BCUT2D eigenvalue weighted by Gasteiger charge is 2.51. The van der Waals surface area contributed by atoms with Crippen molar-refractivity contribution in [3.63, 3.8) is 0 Å². The molecule has 0 bridgehead atoms. The number of carbonyl (C=O) groups is 3. The number of anilines is 1. The van der Waals surface area contributed by atoms with E-state index in [0.29, 0.717) is 31.4 Å². The highest BCUT2D eigenvalue weighted by atomic mass is 35.5. The Hall–Kier alpha value is -3.52. The standard InChI is InChI=1S/C23H23ClF4N6O4/c1-12-22(21(37)34(33-12)16-3-2-13(25)10-15(16)24)6-4-14(5-7-22)32-20(36)18-17(30-11-31-18)19(35)29-8-9-38-23(26,27)28/h2-3,10-11,14H,4-9H2,1H3,(H,29,35)(H,30,31)(H,32,36)/t14-,22-. The minimum atomic E-state index is -4.82. The molecule has 3 amide bonds. The van der Waals surface area contributed by atoms with Crippen LogP contribution >= 0.6 is 11.6 Å². The van der Waals surface area contributed by atoms with Crippen LogP contribution in [0.25, 0.3) is 0 Å². The second kappa shape index (κ2) is 10.7. The van der Waals surface area contributed by atoms with Crippen molar-refractivity contribution < 1.29 is 36.7 Å². The first kappa shape index (κ1) is 27.5. The van der Waals surface area contributed by atoms with E-state index < -0.39 is 42.6 Å². The molecule has 15 heteroatoms. The highest BCUT2D eigenvalue weighted by molar-refractivity contribution is 6.34. The van der Waals surface area contributed by atoms with Gasteiger partial charge < -0.3 is 15.6 Å². The number of hydrogen-bond donors (Lipinski definition) is 3. The Morgan fingerprint density at radius 3 is 2.63 bits per heavy atom. The number of aromatic amines is 1. The first-order chi connectivity index (χ1) is 17.9. The van der Waals surface area contributed by atoms with Crippen molar-refractivity contribution in [3.8, 4) is 0 Å². The van der Waals surface area contributed by atoms with E-state index >= 15 is 0 Å². The molecule has 1 saturated carbocycles. The summed E-state index contributed by atoms with van der Waals surface area (Å²) in [5, 5.41) is 10.6. The van der Waals surface area contributed by atoms with Gasteiger partial charge in [0.2, 0.25) is 0 Å². The lowest BCUT2D eigenvalue weighted by atomic mass is 9.69. The maximum absolute atomic E-state index is 13.5. The molecule has 0 unspecified atom stereocenters. The summed E-state index contributed by atoms with van der Waals surface area (Å²) in [5.74, 6) is -2.28. The van der Waals surface area contributed by atoms with E-state index in [1.807, 2.05) is 0 Å². The van der Waals surface area contributed by atoms with Crippen molar-refractivity contribution in [3.05, 3.63) is 46.8 Å². The van der Waals surface area contributed by atoms with E-state index in [-0.39, 0.29) is 34.0 Å². The van der Waals surface area contributed by atoms with Crippen LogP contribution in [0.5, 0.6) is 0 Å². The SMILES string of the molecule is CC1=NN(c2ccc(F)cc2Cl)C(=O)[C@]12CC[C@H](NC(=O)c1[nH]cnc1C(=O)NCCOC(F)(F)F)CC2. The number of ether oxygens (including phenoxy) is 1. The number of carbonyl (C=O) groups excluding carboxylic acids is 3. The van der Waals surface area contributed by atoms with Gasteiger partial charge in [0, 0.05) is 12.6 Å². The molecule has 1 aliphatic heterocycles. The predicted molar refractivity (Wildman–Crippen MR) is 127 cm³/mol. The molecular weight excluding hydrogens is 536 g/mol. The zero-order valence-corrected chi connectivity index (χ0v) is 20.7. The third-order valence-corrected chi connectivity index (χ3v) is 6.89. The minimum Gasteiger partial charge on any atom is -0.348 e. The summed E-state index contributed by atoms with van der Waals surface area (Å²) in [4.78, 5) is 44.8. The third-order valence-electron chi connectivity index (χ3n) is 6.59. The number of amides is 3. The fraction of sp³-hybridized carbons (Fsp3) is 0.435. The maximum Gasteiger partial charge on any atom is 0.522 e. The molecule has 1 aromatic heterocycles. The largest absolute Gasteiger partial charge is 0.522 e. The van der Waals surface area contributed by atoms with Crippen LogP contribution in [0.2, 0.25) is 5.02 Å². The lowest BCUT2D eigenvalue weighted by Gasteiger charge is -2.36. The van der Waals surface area contributed by atoms with Gasteiger partial charge in [-0.15, -0.1) is 13.2 Å². The second-order valence-electron chi connectivity index (χ2n) is 8.90. The first-order valence-corrected chi connectivity index (χ1v) is 12.0. The van der Waals surface area contributed by atoms with Gasteiger partial charge >= 0.3 is 6.36 Å². The lowest BCUT2D eigenvalue weighted by molar-refractivity contribution is -0.323. The zero-order valence-electron chi connectivity index (χ0n) is 20.0. The van der Waals surface area contributed by atoms with Crippen molar-refractivity contribution in [2.75, 3.05) is 18.2 Å². The van der Waals surface area contributed by atoms with Gasteiger partial charge in [-0.05, 0) is 50.8 Å². The van der Waals surface area contributed by atoms with Gasteiger partial charge in [0.05, 0.1) is 34.8 Å². The van der Waals surface area contributed by atoms with Crippen LogP contribution in [0.15, 0.2) is 29.6 Å². The molecule has 1 aliphatic carbocycles. The molecule has 38 heavy (non-hydrogen) atoms. The Kier molecular flexibility index (Phi) is 7.74. The summed E-state index contributed by atoms with van der Waals surface area (Å²) < 4.78 is 53.2. The highest BCUT2D eigenvalue weighted by Crippen LogP contribution is 2.45. The van der Waals surface area contributed by atoms with E-state index in [1.54, 1.807) is 6.92 Å². The van der Waals surface area contributed by atoms with E-state index in [4.69, 9.17) is 11.6 Å². The number of rotatable bonds is 7. The molecule has 10 nitrogen and oxygen atoms in total. The van der Waals surface area contributed by atoms with E-state index in [1.165, 1.54) is 17.1 Å². The van der Waals surface area contributed by atoms with Crippen LogP contribution in [-0.2, 0) is 9.53 Å². The summed E-state index contributed by atoms with van der Waals surface area (Å²) in [6.45, 7) is 0.507. The molecule has 4 rings (SSSR count). The summed E-state index contributed by atoms with van der Waals surface area (Å²) >= 11 is 6.13. The molecule has 2 aliphatic rings. The number of halogens is 5. The van der Waals surface area contributed by atoms with Crippen LogP contribution in [0, 0.1) is 11.2 Å². The molecule has 1 spiro atoms. The smallest absolute Gasteiger partial charge is 0.348 e. The fourth-order valence-corrected chi connectivity index (χ4v) is 4.85. The number of nitrogens with one attached hydrogen (secondary N) is 3. The van der Waals surface area contributed by atoms with Crippen molar-refractivity contribution in [1.29, 1.82) is 0 Å². The number of benzene rings is 1. The van der Waals surface area contributed by atoms with E-state index in [0.717, 1.165) is 12.4 Å². The predicted octanol–water partition coefficient (Wildman–Crippen LogP) is 3.55. The van der Waals surface area contributed by atoms with E-state index in [2.05, 4.69) is 30.4 Å². The maximum atomic E-state index is 13.5. The van der Waals surface area contributed by atoms with Gasteiger partial charge in [-0.1, -0.05) is 11.6 Å². The van der Waals surface area contributed by atoms with Crippen LogP contribution in [0.3, 0.4) is 0 Å². The molecule has 0 radical (unpaired) electrons. The molecule has 0 saturated heterocycles. The summed E-state index contributed by atoms with van der Waals surface area (Å²) in [6, 6.07) is 3.36. The normalized spacial score (nSPS) is 21.5. The first-order valence-electron chi connectivity index (χ1n) is 11.6. The van der Waals surface area contributed by atoms with Gasteiger partial charge in [-0.25, -0.2) is 9.37 Å². The Morgan fingerprint density at radius 2 is 1.97 bits per heavy atom. The fourth-order valence-electron chi connectivity index (χ4n) is 4.61. The number of imidazole rings is 1. The van der Waals surface area contributed by atoms with Crippen LogP contribution in [0.4, 0.5) is 23.2 Å². The number of aromatic nitrogens is 2. The lowest BCUT2D eigenvalue weighted by Crippen LogP contribution is -2.47. The van der Waals surface area contributed by atoms with Crippen molar-refractivity contribution in [2.24, 2.45) is 10.5 Å². The molecule has 1 fully saturated rings. The topological polar surface area (TPSA) is 129 Å². The monoisotopic (exact) mass is 558 g/mol. The summed E-state index contributed by atoms with van der Waals surface area (Å²) in [5.41, 5.74) is -0.431. The quantitative estimate of drug-likeness (QED) is 0.354. The minimum absolute atomic E-state index is 0.0557. The Bertz CT molecular complexity index is 1270. The molecular formula is C23H23ClF4N6O4. The average molecular weight is 559 g/mol. The molecule has 204 valence electrons. The Balaban J connectivity index is 1.34. The average Bonchev–Trinajstić information content (AvgIpc) is 3.43. The van der Waals surface area contributed by atoms with Crippen LogP contribution in [-0.4, -0.2) is 59.0 Å². The van der Waals surface area contributed by atoms with Crippen LogP contribution < -0.4 is 15.6 Å². The molecule has 2 heterocycles. The summed E-state index contributed by atoms with van der Waals surface area (Å²) in [6.07, 6.45) is -2.06. The van der Waals surface area contributed by atoms with Gasteiger partial charge in [0.15, 0.2) is 5.69 Å². The zero-order chi connectivity index (χ0) is 27.7. The molecule has 0 atom stereocenters. The molecule has 1 aromatic carbocycles. The van der Waals surface area contributed by atoms with Gasteiger partial charge in [0.1, 0.15) is 11.5 Å². The summed E-state index contributed by atoms with van der Waals surface area (Å²) in [7, 11) is 0. The number of H-pyrrole nitrogens is 1. The van der Waals surface area contributed by atoms with Gasteiger partial charge in [-0.3, -0.25) is 19.1 Å². The molecule has 2 aromatic rings. The number of alkyl halides is 3. The van der Waals surface area contributed by atoms with Gasteiger partial charge in [0.25, 0.3) is 17.7 Å². The Labute approximate surface area is 218 Å². The molecule has 3 N–H and O–H groups in total. The van der Waals surface area contributed by atoms with Crippen molar-refractivity contribution in [1.82, 2.24) is 20.6 Å².